The van der Waals surface area contributed by atoms with E-state index in [1.807, 2.05) is 6.92 Å². The Morgan fingerprint density at radius 2 is 2.54 bits per heavy atom. The number of nitrogens with zero attached hydrogens (tertiary/aromatic N) is 2. The number of nitrogens with two attached hydrogens (primary N) is 1. The Bertz CT molecular complexity index is 363. The number of hydrogen-bond acceptors (Lipinski definition) is 3. The van der Waals surface area contributed by atoms with Gasteiger partial charge in [0.2, 0.25) is 0 Å². The van der Waals surface area contributed by atoms with E-state index in [0.29, 0.717) is 12.2 Å². The first-order valence-corrected chi connectivity index (χ1v) is 3.92. The van der Waals surface area contributed by atoms with Crippen molar-refractivity contribution in [3.05, 3.63) is 22.1 Å². The molecule has 0 fully saturated rings. The molecule has 72 valence electrons. The van der Waals surface area contributed by atoms with Gasteiger partial charge in [-0.1, -0.05) is 5.16 Å². The highest BCUT2D eigenvalue weighted by Crippen LogP contribution is 1.91. The van der Waals surface area contributed by atoms with Crippen LogP contribution in [0.5, 0.6) is 0 Å². The molecule has 6 heteroatoms. The first kappa shape index (κ1) is 9.37. The molecule has 6 nitrogen and oxygen atoms in total. The maximum atomic E-state index is 11.1. The van der Waals surface area contributed by atoms with Crippen LogP contribution in [0.15, 0.2) is 16.0 Å². The van der Waals surface area contributed by atoms with E-state index in [-0.39, 0.29) is 17.8 Å². The Kier molecular flexibility index (Phi) is 2.73. The lowest BCUT2D eigenvalue weighted by Crippen LogP contribution is -2.15. The second-order valence-corrected chi connectivity index (χ2v) is 2.63. The summed E-state index contributed by atoms with van der Waals surface area (Å²) in [4.78, 5) is 11.1. The largest absolute Gasteiger partial charge is 0.409 e. The second kappa shape index (κ2) is 3.79. The van der Waals surface area contributed by atoms with Crippen molar-refractivity contribution in [1.82, 2.24) is 9.78 Å². The number of aryl methyl sites for hydroxylation is 1. The zero-order chi connectivity index (χ0) is 9.84. The van der Waals surface area contributed by atoms with Crippen molar-refractivity contribution in [2.24, 2.45) is 10.9 Å². The van der Waals surface area contributed by atoms with Crippen LogP contribution in [0.4, 0.5) is 0 Å². The van der Waals surface area contributed by atoms with Gasteiger partial charge in [-0.15, -0.1) is 0 Å². The van der Waals surface area contributed by atoms with Crippen LogP contribution in [0.3, 0.4) is 0 Å². The zero-order valence-corrected chi connectivity index (χ0v) is 7.32. The minimum atomic E-state index is -0.108. The third-order valence-electron chi connectivity index (χ3n) is 1.66. The average Bonchev–Trinajstić information content (AvgIpc) is 2.46. The minimum absolute atomic E-state index is 0.0736. The normalized spacial score (nSPS) is 11.9. The fourth-order valence-corrected chi connectivity index (χ4v) is 1.04. The molecule has 1 aromatic rings. The Hall–Kier alpha value is -1.72. The van der Waals surface area contributed by atoms with E-state index in [0.717, 1.165) is 0 Å². The van der Waals surface area contributed by atoms with Crippen molar-refractivity contribution in [2.75, 3.05) is 0 Å². The zero-order valence-electron chi connectivity index (χ0n) is 7.32. The summed E-state index contributed by atoms with van der Waals surface area (Å²) in [5.41, 5.74) is 5.81. The molecule has 0 aliphatic rings. The predicted molar refractivity (Wildman–Crippen MR) is 47.8 cm³/mol. The number of oxime groups is 1. The molecule has 1 aromatic heterocycles. The third-order valence-corrected chi connectivity index (χ3v) is 1.66. The van der Waals surface area contributed by atoms with Crippen molar-refractivity contribution >= 4 is 5.84 Å². The molecule has 1 rings (SSSR count). The van der Waals surface area contributed by atoms with Gasteiger partial charge in [0, 0.05) is 18.3 Å². The standard InChI is InChI=1S/C7H12N4O2/c1-2-11-7(12)4-5(9-11)3-6(8)10-13/h4,9,13H,2-3H2,1H3,(H2,8,10). The Morgan fingerprint density at radius 3 is 3.00 bits per heavy atom. The van der Waals surface area contributed by atoms with Crippen molar-refractivity contribution < 1.29 is 5.21 Å². The highest BCUT2D eigenvalue weighted by molar-refractivity contribution is 5.81. The molecule has 0 atom stereocenters. The van der Waals surface area contributed by atoms with Gasteiger partial charge in [-0.05, 0) is 6.92 Å². The molecular weight excluding hydrogens is 172 g/mol. The summed E-state index contributed by atoms with van der Waals surface area (Å²) in [7, 11) is 0. The van der Waals surface area contributed by atoms with Crippen LogP contribution < -0.4 is 11.3 Å². The van der Waals surface area contributed by atoms with Crippen LogP contribution in [0.25, 0.3) is 0 Å². The van der Waals surface area contributed by atoms with E-state index < -0.39 is 0 Å². The van der Waals surface area contributed by atoms with E-state index in [4.69, 9.17) is 10.9 Å². The SMILES string of the molecule is CCn1[nH]c(C/C(N)=N/O)cc1=O. The van der Waals surface area contributed by atoms with Gasteiger partial charge < -0.3 is 10.9 Å². The molecule has 0 saturated heterocycles. The summed E-state index contributed by atoms with van der Waals surface area (Å²) in [6, 6.07) is 1.43. The maximum absolute atomic E-state index is 11.1. The summed E-state index contributed by atoms with van der Waals surface area (Å²) >= 11 is 0. The molecule has 0 aromatic carbocycles. The van der Waals surface area contributed by atoms with Gasteiger partial charge in [0.25, 0.3) is 5.56 Å². The number of hydrogen-bond donors (Lipinski definition) is 3. The highest BCUT2D eigenvalue weighted by Gasteiger charge is 2.02. The lowest BCUT2D eigenvalue weighted by atomic mass is 10.3. The lowest BCUT2D eigenvalue weighted by Gasteiger charge is -1.96. The molecule has 0 unspecified atom stereocenters. The molecule has 4 N–H and O–H groups in total. The van der Waals surface area contributed by atoms with Gasteiger partial charge in [-0.3, -0.25) is 14.6 Å². The van der Waals surface area contributed by atoms with Crippen molar-refractivity contribution in [2.45, 2.75) is 19.9 Å². The van der Waals surface area contributed by atoms with E-state index in [1.54, 1.807) is 0 Å². The van der Waals surface area contributed by atoms with Gasteiger partial charge >= 0.3 is 0 Å². The molecule has 0 aliphatic carbocycles. The third kappa shape index (κ3) is 2.11. The van der Waals surface area contributed by atoms with E-state index in [2.05, 4.69) is 10.3 Å². The smallest absolute Gasteiger partial charge is 0.266 e. The van der Waals surface area contributed by atoms with E-state index >= 15 is 0 Å². The quantitative estimate of drug-likeness (QED) is 0.255. The molecule has 13 heavy (non-hydrogen) atoms. The highest BCUT2D eigenvalue weighted by atomic mass is 16.4. The molecule has 1 heterocycles. The number of rotatable bonds is 3. The molecule has 0 spiro atoms. The molecule has 0 saturated carbocycles. The van der Waals surface area contributed by atoms with Gasteiger partial charge in [0.05, 0.1) is 6.42 Å². The van der Waals surface area contributed by atoms with Crippen LogP contribution >= 0.6 is 0 Å². The molecule has 0 aliphatic heterocycles. The number of aromatic amines is 1. The molecule has 0 radical (unpaired) electrons. The summed E-state index contributed by atoms with van der Waals surface area (Å²) in [5, 5.41) is 13.9. The molecule has 0 bridgehead atoms. The topological polar surface area (TPSA) is 96.4 Å². The number of aromatic nitrogens is 2. The van der Waals surface area contributed by atoms with Crippen molar-refractivity contribution in [3.63, 3.8) is 0 Å². The lowest BCUT2D eigenvalue weighted by molar-refractivity contribution is 0.317. The van der Waals surface area contributed by atoms with Crippen LogP contribution in [0.1, 0.15) is 12.6 Å². The summed E-state index contributed by atoms with van der Waals surface area (Å²) in [6.07, 6.45) is 0.249. The average molecular weight is 184 g/mol. The fraction of sp³-hybridized carbons (Fsp3) is 0.429. The molecule has 0 amide bonds. The predicted octanol–water partition coefficient (Wildman–Crippen LogP) is -0.515. The number of nitrogens with one attached hydrogen (secondary N) is 1. The summed E-state index contributed by atoms with van der Waals surface area (Å²) in [6.45, 7) is 2.43. The minimum Gasteiger partial charge on any atom is -0.409 e. The Balaban J connectivity index is 2.86. The van der Waals surface area contributed by atoms with Gasteiger partial charge in [-0.2, -0.15) is 0 Å². The van der Waals surface area contributed by atoms with Crippen LogP contribution in [0.2, 0.25) is 0 Å². The van der Waals surface area contributed by atoms with Gasteiger partial charge in [0.1, 0.15) is 5.84 Å². The van der Waals surface area contributed by atoms with E-state index in [1.165, 1.54) is 10.7 Å². The maximum Gasteiger partial charge on any atom is 0.266 e. The first-order valence-electron chi connectivity index (χ1n) is 3.92. The summed E-state index contributed by atoms with van der Waals surface area (Å²) in [5.74, 6) is 0.0736. The number of H-pyrrole nitrogens is 1. The van der Waals surface area contributed by atoms with E-state index in [9.17, 15) is 4.79 Å². The molecular formula is C7H12N4O2. The van der Waals surface area contributed by atoms with Crippen molar-refractivity contribution in [3.8, 4) is 0 Å². The van der Waals surface area contributed by atoms with Crippen LogP contribution in [-0.4, -0.2) is 20.8 Å². The van der Waals surface area contributed by atoms with Crippen molar-refractivity contribution in [1.29, 1.82) is 0 Å². The van der Waals surface area contributed by atoms with Crippen LogP contribution in [0, 0.1) is 0 Å². The Labute approximate surface area is 74.6 Å². The first-order chi connectivity index (χ1) is 6.17. The fourth-order valence-electron chi connectivity index (χ4n) is 1.04. The number of amidine groups is 1. The van der Waals surface area contributed by atoms with Crippen LogP contribution in [-0.2, 0) is 13.0 Å². The van der Waals surface area contributed by atoms with Gasteiger partial charge in [-0.25, -0.2) is 0 Å². The van der Waals surface area contributed by atoms with Gasteiger partial charge in [0.15, 0.2) is 0 Å². The second-order valence-electron chi connectivity index (χ2n) is 2.63. The Morgan fingerprint density at radius 1 is 1.85 bits per heavy atom. The monoisotopic (exact) mass is 184 g/mol. The summed E-state index contributed by atoms with van der Waals surface area (Å²) < 4.78 is 1.44.